The van der Waals surface area contributed by atoms with Gasteiger partial charge in [0.15, 0.2) is 4.80 Å². The minimum atomic E-state index is -0.528. The summed E-state index contributed by atoms with van der Waals surface area (Å²) < 4.78 is 3.27. The molecule has 0 radical (unpaired) electrons. The number of nitrogens with zero attached hydrogens (tertiary/aromatic N) is 2. The topological polar surface area (TPSA) is 37.5 Å². The third-order valence-corrected chi connectivity index (χ3v) is 4.47. The van der Waals surface area contributed by atoms with Gasteiger partial charge in [-0.25, -0.2) is 0 Å². The summed E-state index contributed by atoms with van der Waals surface area (Å²) in [5.41, 5.74) is 2.05. The van der Waals surface area contributed by atoms with Gasteiger partial charge in [0.1, 0.15) is 0 Å². The first-order valence-corrected chi connectivity index (χ1v) is 7.35. The van der Waals surface area contributed by atoms with Crippen molar-refractivity contribution in [1.82, 2.24) is 4.57 Å². The van der Waals surface area contributed by atoms with Crippen LogP contribution in [0.1, 0.15) is 11.7 Å². The number of aliphatic hydroxyl groups excluding tert-OH is 1. The summed E-state index contributed by atoms with van der Waals surface area (Å²) in [5, 5.41) is 10.4. The smallest absolute Gasteiger partial charge is 0.185 e. The fourth-order valence-electron chi connectivity index (χ4n) is 2.32. The minimum absolute atomic E-state index is 0.515. The maximum atomic E-state index is 10.4. The van der Waals surface area contributed by atoms with Crippen LogP contribution in [0.4, 0.5) is 0 Å². The molecule has 0 aliphatic carbocycles. The van der Waals surface area contributed by atoms with E-state index in [1.165, 1.54) is 4.70 Å². The first-order chi connectivity index (χ1) is 9.79. The Morgan fingerprint density at radius 3 is 2.55 bits per heavy atom. The molecule has 0 saturated carbocycles. The van der Waals surface area contributed by atoms with Crippen LogP contribution in [0.15, 0.2) is 59.6 Å². The van der Waals surface area contributed by atoms with Crippen molar-refractivity contribution in [3.63, 3.8) is 0 Å². The molecule has 1 aromatic heterocycles. The molecule has 1 atom stereocenters. The molecule has 0 spiro atoms. The van der Waals surface area contributed by atoms with Crippen LogP contribution >= 0.6 is 11.3 Å². The summed E-state index contributed by atoms with van der Waals surface area (Å²) in [6, 6.07) is 17.9. The Balaban J connectivity index is 2.02. The molecule has 0 aliphatic heterocycles. The number of thiazole rings is 1. The highest BCUT2D eigenvalue weighted by Crippen LogP contribution is 2.20. The monoisotopic (exact) mass is 284 g/mol. The molecule has 0 aliphatic rings. The maximum Gasteiger partial charge on any atom is 0.185 e. The third-order valence-electron chi connectivity index (χ3n) is 3.32. The number of benzene rings is 2. The van der Waals surface area contributed by atoms with Gasteiger partial charge in [0, 0.05) is 7.05 Å². The zero-order valence-corrected chi connectivity index (χ0v) is 12.0. The zero-order chi connectivity index (χ0) is 13.9. The Hall–Kier alpha value is -1.91. The number of hydrogen-bond donors (Lipinski definition) is 1. The molecule has 0 saturated heterocycles. The molecule has 0 amide bonds. The third kappa shape index (κ3) is 2.40. The van der Waals surface area contributed by atoms with Crippen molar-refractivity contribution in [3.8, 4) is 0 Å². The predicted octanol–water partition coefficient (Wildman–Crippen LogP) is 2.97. The van der Waals surface area contributed by atoms with Crippen LogP contribution < -0.4 is 4.80 Å². The summed E-state index contributed by atoms with van der Waals surface area (Å²) in [6.45, 7) is 0.515. The fraction of sp³-hybridized carbons (Fsp3) is 0.188. The minimum Gasteiger partial charge on any atom is -0.387 e. The second kappa shape index (κ2) is 5.61. The molecule has 20 heavy (non-hydrogen) atoms. The molecule has 2 aromatic carbocycles. The van der Waals surface area contributed by atoms with Gasteiger partial charge in [-0.1, -0.05) is 53.8 Å². The van der Waals surface area contributed by atoms with E-state index in [9.17, 15) is 5.11 Å². The van der Waals surface area contributed by atoms with Crippen molar-refractivity contribution >= 4 is 21.6 Å². The molecule has 1 N–H and O–H groups in total. The van der Waals surface area contributed by atoms with Crippen LogP contribution in [0.3, 0.4) is 0 Å². The average molecular weight is 284 g/mol. The summed E-state index contributed by atoms with van der Waals surface area (Å²) in [7, 11) is 1.79. The predicted molar refractivity (Wildman–Crippen MR) is 82.7 cm³/mol. The zero-order valence-electron chi connectivity index (χ0n) is 11.2. The van der Waals surface area contributed by atoms with Gasteiger partial charge in [-0.15, -0.1) is 0 Å². The number of fused-ring (bicyclic) bond motifs is 1. The van der Waals surface area contributed by atoms with Gasteiger partial charge in [0.2, 0.25) is 0 Å². The standard InChI is InChI=1S/C16H16N2OS/c1-17-16-18(13-9-5-6-10-15(13)20-16)11-14(19)12-7-3-2-4-8-12/h2-10,14,19H,11H2,1H3/t14-/m0/s1. The number of para-hydroxylation sites is 1. The lowest BCUT2D eigenvalue weighted by Crippen LogP contribution is -2.19. The first-order valence-electron chi connectivity index (χ1n) is 6.54. The van der Waals surface area contributed by atoms with Crippen molar-refractivity contribution in [2.75, 3.05) is 7.05 Å². The summed E-state index contributed by atoms with van der Waals surface area (Å²) in [6.07, 6.45) is -0.528. The molecule has 0 fully saturated rings. The highest BCUT2D eigenvalue weighted by Gasteiger charge is 2.12. The molecule has 3 rings (SSSR count). The van der Waals surface area contributed by atoms with E-state index in [0.717, 1.165) is 15.9 Å². The lowest BCUT2D eigenvalue weighted by Gasteiger charge is -2.12. The molecule has 0 unspecified atom stereocenters. The molecule has 1 heterocycles. The van der Waals surface area contributed by atoms with E-state index >= 15 is 0 Å². The van der Waals surface area contributed by atoms with Crippen LogP contribution in [-0.2, 0) is 6.54 Å². The van der Waals surface area contributed by atoms with Crippen molar-refractivity contribution in [3.05, 3.63) is 65.0 Å². The van der Waals surface area contributed by atoms with Crippen LogP contribution in [0, 0.1) is 0 Å². The van der Waals surface area contributed by atoms with Gasteiger partial charge in [0.05, 0.1) is 22.9 Å². The highest BCUT2D eigenvalue weighted by atomic mass is 32.1. The SMILES string of the molecule is CN=c1sc2ccccc2n1C[C@H](O)c1ccccc1. The summed E-state index contributed by atoms with van der Waals surface area (Å²) >= 11 is 1.65. The lowest BCUT2D eigenvalue weighted by molar-refractivity contribution is 0.157. The van der Waals surface area contributed by atoms with E-state index < -0.39 is 6.10 Å². The normalized spacial score (nSPS) is 13.8. The second-order valence-electron chi connectivity index (χ2n) is 4.61. The Morgan fingerprint density at radius 1 is 1.10 bits per heavy atom. The van der Waals surface area contributed by atoms with E-state index in [4.69, 9.17) is 0 Å². The fourth-order valence-corrected chi connectivity index (χ4v) is 3.32. The summed E-state index contributed by atoms with van der Waals surface area (Å²) in [5.74, 6) is 0. The molecular formula is C16H16N2OS. The van der Waals surface area contributed by atoms with Crippen LogP contribution in [0.2, 0.25) is 0 Å². The Labute approximate surface area is 121 Å². The molecule has 4 heteroatoms. The van der Waals surface area contributed by atoms with Gasteiger partial charge in [-0.3, -0.25) is 4.99 Å². The molecular weight excluding hydrogens is 268 g/mol. The van der Waals surface area contributed by atoms with E-state index in [1.807, 2.05) is 42.5 Å². The largest absolute Gasteiger partial charge is 0.387 e. The molecule has 0 bridgehead atoms. The van der Waals surface area contributed by atoms with Gasteiger partial charge >= 0.3 is 0 Å². The van der Waals surface area contributed by atoms with Gasteiger partial charge in [0.25, 0.3) is 0 Å². The van der Waals surface area contributed by atoms with E-state index in [1.54, 1.807) is 18.4 Å². The van der Waals surface area contributed by atoms with Gasteiger partial charge in [-0.2, -0.15) is 0 Å². The second-order valence-corrected chi connectivity index (χ2v) is 5.62. The van der Waals surface area contributed by atoms with E-state index in [0.29, 0.717) is 6.54 Å². The maximum absolute atomic E-state index is 10.4. The van der Waals surface area contributed by atoms with Gasteiger partial charge in [-0.05, 0) is 17.7 Å². The highest BCUT2D eigenvalue weighted by molar-refractivity contribution is 7.16. The molecule has 3 aromatic rings. The Bertz CT molecular complexity index is 774. The van der Waals surface area contributed by atoms with Crippen molar-refractivity contribution in [1.29, 1.82) is 0 Å². The molecule has 102 valence electrons. The van der Waals surface area contributed by atoms with Crippen LogP contribution in [0.25, 0.3) is 10.2 Å². The van der Waals surface area contributed by atoms with Crippen molar-refractivity contribution in [2.24, 2.45) is 4.99 Å². The number of rotatable bonds is 3. The van der Waals surface area contributed by atoms with Crippen LogP contribution in [-0.4, -0.2) is 16.7 Å². The van der Waals surface area contributed by atoms with Crippen LogP contribution in [0.5, 0.6) is 0 Å². The van der Waals surface area contributed by atoms with E-state index in [-0.39, 0.29) is 0 Å². The Kier molecular flexibility index (Phi) is 3.67. The summed E-state index contributed by atoms with van der Waals surface area (Å²) in [4.78, 5) is 5.26. The van der Waals surface area contributed by atoms with Crippen molar-refractivity contribution < 1.29 is 5.11 Å². The van der Waals surface area contributed by atoms with Gasteiger partial charge < -0.3 is 9.67 Å². The van der Waals surface area contributed by atoms with Crippen molar-refractivity contribution in [2.45, 2.75) is 12.6 Å². The first kappa shape index (κ1) is 13.1. The molecule has 3 nitrogen and oxygen atoms in total. The quantitative estimate of drug-likeness (QED) is 0.789. The number of hydrogen-bond acceptors (Lipinski definition) is 3. The van der Waals surface area contributed by atoms with E-state index in [2.05, 4.69) is 21.7 Å². The average Bonchev–Trinajstić information content (AvgIpc) is 2.86. The number of aromatic nitrogens is 1. The number of aliphatic hydroxyl groups is 1. The Morgan fingerprint density at radius 2 is 1.80 bits per heavy atom. The lowest BCUT2D eigenvalue weighted by atomic mass is 10.1.